The second-order valence-electron chi connectivity index (χ2n) is 3.77. The van der Waals surface area contributed by atoms with Crippen LogP contribution in [0.3, 0.4) is 0 Å². The summed E-state index contributed by atoms with van der Waals surface area (Å²) in [5.41, 5.74) is -0.0334. The third-order valence-electron chi connectivity index (χ3n) is 2.71. The number of nitrogens with zero attached hydrogens (tertiary/aromatic N) is 3. The van der Waals surface area contributed by atoms with Gasteiger partial charge in [-0.25, -0.2) is 0 Å². The van der Waals surface area contributed by atoms with E-state index in [0.29, 0.717) is 12.8 Å². The van der Waals surface area contributed by atoms with E-state index in [-0.39, 0.29) is 5.91 Å². The van der Waals surface area contributed by atoms with E-state index in [1.807, 2.05) is 0 Å². The first-order valence-electron chi connectivity index (χ1n) is 4.79. The van der Waals surface area contributed by atoms with Gasteiger partial charge in [-0.2, -0.15) is 5.26 Å². The highest BCUT2D eigenvalue weighted by Gasteiger charge is 2.52. The molecule has 4 heteroatoms. The molecule has 1 aliphatic rings. The fourth-order valence-corrected chi connectivity index (χ4v) is 1.49. The van der Waals surface area contributed by atoms with Crippen molar-refractivity contribution < 1.29 is 4.79 Å². The first-order valence-corrected chi connectivity index (χ1v) is 4.79. The minimum Gasteiger partial charge on any atom is -0.313 e. The molecule has 0 N–H and O–H groups in total. The van der Waals surface area contributed by atoms with E-state index >= 15 is 0 Å². The normalized spacial score (nSPS) is 16.5. The summed E-state index contributed by atoms with van der Waals surface area (Å²) in [6.07, 6.45) is 4.62. The van der Waals surface area contributed by atoms with Crippen molar-refractivity contribution in [3.8, 4) is 6.07 Å². The zero-order valence-electron chi connectivity index (χ0n) is 8.47. The fraction of sp³-hybridized carbons (Fsp3) is 0.364. The van der Waals surface area contributed by atoms with Gasteiger partial charge in [0, 0.05) is 13.2 Å². The SMILES string of the molecule is CN(C(=O)C1(C#N)CC1)c1cccnc1. The van der Waals surface area contributed by atoms with E-state index in [4.69, 9.17) is 5.26 Å². The van der Waals surface area contributed by atoms with Crippen LogP contribution < -0.4 is 4.90 Å². The van der Waals surface area contributed by atoms with Crippen molar-refractivity contribution in [3.63, 3.8) is 0 Å². The molecule has 0 atom stereocenters. The van der Waals surface area contributed by atoms with Crippen LogP contribution in [0.4, 0.5) is 5.69 Å². The van der Waals surface area contributed by atoms with Gasteiger partial charge in [0.05, 0.1) is 18.0 Å². The van der Waals surface area contributed by atoms with Gasteiger partial charge in [-0.3, -0.25) is 9.78 Å². The molecule has 76 valence electrons. The minimum atomic E-state index is -0.759. The fourth-order valence-electron chi connectivity index (χ4n) is 1.49. The molecular formula is C11H11N3O. The molecule has 1 heterocycles. The molecule has 0 saturated heterocycles. The zero-order valence-corrected chi connectivity index (χ0v) is 8.47. The number of carbonyl (C=O) groups excluding carboxylic acids is 1. The molecule has 1 fully saturated rings. The van der Waals surface area contributed by atoms with Gasteiger partial charge in [-0.1, -0.05) is 0 Å². The lowest BCUT2D eigenvalue weighted by atomic mass is 10.1. The Hall–Kier alpha value is -1.89. The van der Waals surface area contributed by atoms with Crippen molar-refractivity contribution in [2.45, 2.75) is 12.8 Å². The Bertz CT molecular complexity index is 417. The highest BCUT2D eigenvalue weighted by molar-refractivity contribution is 6.00. The van der Waals surface area contributed by atoms with Crippen molar-refractivity contribution in [1.82, 2.24) is 4.98 Å². The summed E-state index contributed by atoms with van der Waals surface area (Å²) in [5, 5.41) is 8.91. The monoisotopic (exact) mass is 201 g/mol. The van der Waals surface area contributed by atoms with E-state index in [9.17, 15) is 4.79 Å². The maximum Gasteiger partial charge on any atom is 0.247 e. The highest BCUT2D eigenvalue weighted by atomic mass is 16.2. The molecule has 4 nitrogen and oxygen atoms in total. The number of hydrogen-bond acceptors (Lipinski definition) is 3. The molecule has 2 rings (SSSR count). The van der Waals surface area contributed by atoms with Crippen molar-refractivity contribution in [1.29, 1.82) is 5.26 Å². The summed E-state index contributed by atoms with van der Waals surface area (Å²) in [4.78, 5) is 17.4. The number of carbonyl (C=O) groups is 1. The van der Waals surface area contributed by atoms with E-state index in [1.54, 1.807) is 31.6 Å². The van der Waals surface area contributed by atoms with Crippen LogP contribution >= 0.6 is 0 Å². The summed E-state index contributed by atoms with van der Waals surface area (Å²) < 4.78 is 0. The quantitative estimate of drug-likeness (QED) is 0.725. The summed E-state index contributed by atoms with van der Waals surface area (Å²) in [7, 11) is 1.68. The van der Waals surface area contributed by atoms with Crippen molar-refractivity contribution in [2.75, 3.05) is 11.9 Å². The second-order valence-corrected chi connectivity index (χ2v) is 3.77. The molecule has 0 unspecified atom stereocenters. The average Bonchev–Trinajstić information content (AvgIpc) is 3.09. The van der Waals surface area contributed by atoms with Gasteiger partial charge in [0.1, 0.15) is 5.41 Å². The van der Waals surface area contributed by atoms with E-state index in [0.717, 1.165) is 5.69 Å². The van der Waals surface area contributed by atoms with Crippen molar-refractivity contribution in [2.24, 2.45) is 5.41 Å². The second kappa shape index (κ2) is 3.35. The van der Waals surface area contributed by atoms with Gasteiger partial charge < -0.3 is 4.90 Å². The smallest absolute Gasteiger partial charge is 0.247 e. The third kappa shape index (κ3) is 1.57. The minimum absolute atomic E-state index is 0.127. The molecule has 0 aromatic carbocycles. The van der Waals surface area contributed by atoms with Gasteiger partial charge in [0.25, 0.3) is 0 Å². The van der Waals surface area contributed by atoms with Gasteiger partial charge in [-0.05, 0) is 25.0 Å². The van der Waals surface area contributed by atoms with E-state index < -0.39 is 5.41 Å². The topological polar surface area (TPSA) is 57.0 Å². The molecule has 1 aliphatic carbocycles. The van der Waals surface area contributed by atoms with Crippen LogP contribution in [0.15, 0.2) is 24.5 Å². The Kier molecular flexibility index (Phi) is 2.16. The lowest BCUT2D eigenvalue weighted by Gasteiger charge is -2.19. The molecule has 15 heavy (non-hydrogen) atoms. The number of hydrogen-bond donors (Lipinski definition) is 0. The maximum absolute atomic E-state index is 11.9. The standard InChI is InChI=1S/C11H11N3O/c1-14(9-3-2-6-13-7-9)10(15)11(8-12)4-5-11/h2-3,6-7H,4-5H2,1H3. The van der Waals surface area contributed by atoms with E-state index in [1.165, 1.54) is 4.90 Å². The number of nitriles is 1. The molecule has 1 aromatic heterocycles. The maximum atomic E-state index is 11.9. The summed E-state index contributed by atoms with van der Waals surface area (Å²) in [6, 6.07) is 5.66. The van der Waals surface area contributed by atoms with Crippen molar-refractivity contribution >= 4 is 11.6 Å². The van der Waals surface area contributed by atoms with E-state index in [2.05, 4.69) is 11.1 Å². The Balaban J connectivity index is 2.20. The Morgan fingerprint density at radius 3 is 2.87 bits per heavy atom. The molecule has 1 saturated carbocycles. The van der Waals surface area contributed by atoms with Crippen molar-refractivity contribution in [3.05, 3.63) is 24.5 Å². The molecule has 1 amide bonds. The Morgan fingerprint density at radius 2 is 2.40 bits per heavy atom. The molecule has 1 aromatic rings. The summed E-state index contributed by atoms with van der Waals surface area (Å²) in [5.74, 6) is -0.127. The van der Waals surface area contributed by atoms with Gasteiger partial charge in [-0.15, -0.1) is 0 Å². The molecule has 0 radical (unpaired) electrons. The third-order valence-corrected chi connectivity index (χ3v) is 2.71. The van der Waals surface area contributed by atoms with Gasteiger partial charge in [0.15, 0.2) is 0 Å². The molecular weight excluding hydrogens is 190 g/mol. The number of anilines is 1. The van der Waals surface area contributed by atoms with Crippen LogP contribution in [0.25, 0.3) is 0 Å². The zero-order chi connectivity index (χ0) is 10.9. The van der Waals surface area contributed by atoms with Crippen LogP contribution in [0.1, 0.15) is 12.8 Å². The van der Waals surface area contributed by atoms with Crippen LogP contribution in [-0.4, -0.2) is 17.9 Å². The largest absolute Gasteiger partial charge is 0.313 e. The van der Waals surface area contributed by atoms with Gasteiger partial charge in [0.2, 0.25) is 5.91 Å². The lowest BCUT2D eigenvalue weighted by molar-refractivity contribution is -0.121. The molecule has 0 aliphatic heterocycles. The molecule has 0 bridgehead atoms. The highest BCUT2D eigenvalue weighted by Crippen LogP contribution is 2.46. The summed E-state index contributed by atoms with van der Waals surface area (Å²) >= 11 is 0. The Morgan fingerprint density at radius 1 is 1.67 bits per heavy atom. The lowest BCUT2D eigenvalue weighted by Crippen LogP contribution is -2.33. The number of aromatic nitrogens is 1. The summed E-state index contributed by atoms with van der Waals surface area (Å²) in [6.45, 7) is 0. The predicted octanol–water partition coefficient (Wildman–Crippen LogP) is 1.35. The Labute approximate surface area is 88.1 Å². The molecule has 0 spiro atoms. The first kappa shape index (κ1) is 9.66. The van der Waals surface area contributed by atoms with Crippen LogP contribution in [-0.2, 0) is 4.79 Å². The van der Waals surface area contributed by atoms with Crippen LogP contribution in [0.5, 0.6) is 0 Å². The average molecular weight is 201 g/mol. The number of pyridine rings is 1. The van der Waals surface area contributed by atoms with Crippen LogP contribution in [0.2, 0.25) is 0 Å². The first-order chi connectivity index (χ1) is 7.19. The van der Waals surface area contributed by atoms with Gasteiger partial charge >= 0.3 is 0 Å². The van der Waals surface area contributed by atoms with Crippen LogP contribution in [0, 0.1) is 16.7 Å². The predicted molar refractivity (Wildman–Crippen MR) is 54.9 cm³/mol. The number of amides is 1. The number of rotatable bonds is 2.